The Kier molecular flexibility index (Phi) is 5.41. The van der Waals surface area contributed by atoms with Crippen molar-refractivity contribution in [2.24, 2.45) is 0 Å². The van der Waals surface area contributed by atoms with Crippen molar-refractivity contribution in [3.63, 3.8) is 0 Å². The summed E-state index contributed by atoms with van der Waals surface area (Å²) < 4.78 is 1.42. The van der Waals surface area contributed by atoms with Gasteiger partial charge in [0, 0.05) is 16.5 Å². The number of imide groups is 1. The smallest absolute Gasteiger partial charge is 0.262 e. The summed E-state index contributed by atoms with van der Waals surface area (Å²) in [6.45, 7) is 9.25. The van der Waals surface area contributed by atoms with E-state index in [1.807, 2.05) is 38.1 Å². The molecule has 184 valence electrons. The number of nitrogens with one attached hydrogen (secondary N) is 1. The highest BCUT2D eigenvalue weighted by Gasteiger charge is 2.42. The normalized spacial score (nSPS) is 13.1. The Morgan fingerprint density at radius 3 is 2.43 bits per heavy atom. The highest BCUT2D eigenvalue weighted by Crippen LogP contribution is 2.30. The zero-order valence-electron chi connectivity index (χ0n) is 21.1. The van der Waals surface area contributed by atoms with Gasteiger partial charge >= 0.3 is 0 Å². The van der Waals surface area contributed by atoms with E-state index in [0.29, 0.717) is 5.82 Å². The van der Waals surface area contributed by atoms with E-state index in [1.54, 1.807) is 20.8 Å². The average Bonchev–Trinajstić information content (AvgIpc) is 3.36. The molecule has 3 heterocycles. The summed E-state index contributed by atoms with van der Waals surface area (Å²) in [6, 6.07) is 14.2. The first-order chi connectivity index (χ1) is 17.5. The van der Waals surface area contributed by atoms with Crippen LogP contribution in [-0.4, -0.2) is 42.9 Å². The standard InChI is InChI=1S/C28H24N6O3/c1-15-7-6-8-19-16(2)11-22(31-23(15)19)34-24(18(13-29)14-30-34)32-25(35)17-9-10-20-21(12-17)27(37)33(26(20)36)28(3,4)5/h6-12,14H,1-5H3,(H,32,35). The van der Waals surface area contributed by atoms with E-state index in [2.05, 4.69) is 16.5 Å². The number of nitriles is 1. The van der Waals surface area contributed by atoms with Crippen molar-refractivity contribution in [1.29, 1.82) is 5.26 Å². The minimum Gasteiger partial charge on any atom is -0.305 e. The van der Waals surface area contributed by atoms with Crippen LogP contribution in [0.15, 0.2) is 48.7 Å². The first-order valence-electron chi connectivity index (χ1n) is 11.7. The molecule has 0 atom stereocenters. The second kappa shape index (κ2) is 8.38. The minimum atomic E-state index is -0.701. The predicted octanol–water partition coefficient (Wildman–Crippen LogP) is 4.56. The number of carbonyl (C=O) groups excluding carboxylic acids is 3. The number of rotatable bonds is 3. The van der Waals surface area contributed by atoms with Crippen LogP contribution in [0, 0.1) is 25.2 Å². The van der Waals surface area contributed by atoms with Gasteiger partial charge in [-0.25, -0.2) is 4.98 Å². The number of aryl methyl sites for hydroxylation is 2. The van der Waals surface area contributed by atoms with Crippen LogP contribution < -0.4 is 5.32 Å². The van der Waals surface area contributed by atoms with Crippen molar-refractivity contribution in [2.45, 2.75) is 40.2 Å². The Morgan fingerprint density at radius 2 is 1.73 bits per heavy atom. The van der Waals surface area contributed by atoms with Crippen LogP contribution in [-0.2, 0) is 0 Å². The van der Waals surface area contributed by atoms with Gasteiger partial charge in [0.05, 0.1) is 22.8 Å². The van der Waals surface area contributed by atoms with Crippen molar-refractivity contribution in [1.82, 2.24) is 19.7 Å². The molecule has 9 nitrogen and oxygen atoms in total. The molecule has 0 saturated carbocycles. The summed E-state index contributed by atoms with van der Waals surface area (Å²) in [7, 11) is 0. The predicted molar refractivity (Wildman–Crippen MR) is 138 cm³/mol. The maximum atomic E-state index is 13.3. The number of amides is 3. The summed E-state index contributed by atoms with van der Waals surface area (Å²) in [5, 5.41) is 17.7. The van der Waals surface area contributed by atoms with Gasteiger partial charge in [-0.1, -0.05) is 18.2 Å². The van der Waals surface area contributed by atoms with E-state index >= 15 is 0 Å². The molecule has 2 aromatic heterocycles. The Morgan fingerprint density at radius 1 is 1.00 bits per heavy atom. The van der Waals surface area contributed by atoms with Crippen LogP contribution in [0.5, 0.6) is 0 Å². The lowest BCUT2D eigenvalue weighted by molar-refractivity contribution is 0.0507. The number of para-hydroxylation sites is 1. The molecule has 0 saturated heterocycles. The van der Waals surface area contributed by atoms with Gasteiger partial charge in [-0.05, 0) is 70.0 Å². The zero-order valence-corrected chi connectivity index (χ0v) is 21.1. The van der Waals surface area contributed by atoms with Crippen LogP contribution in [0.4, 0.5) is 5.82 Å². The van der Waals surface area contributed by atoms with Crippen LogP contribution >= 0.6 is 0 Å². The summed E-state index contributed by atoms with van der Waals surface area (Å²) in [5.41, 5.74) is 2.81. The van der Waals surface area contributed by atoms with Gasteiger partial charge in [-0.3, -0.25) is 19.3 Å². The second-order valence-electron chi connectivity index (χ2n) is 10.0. The molecule has 2 aromatic carbocycles. The average molecular weight is 493 g/mol. The molecular formula is C28H24N6O3. The lowest BCUT2D eigenvalue weighted by Crippen LogP contribution is -2.45. The third-order valence-corrected chi connectivity index (χ3v) is 6.39. The third kappa shape index (κ3) is 3.83. The largest absolute Gasteiger partial charge is 0.305 e. The number of nitrogens with zero attached hydrogens (tertiary/aromatic N) is 5. The van der Waals surface area contributed by atoms with E-state index in [9.17, 15) is 19.6 Å². The molecule has 0 unspecified atom stereocenters. The van der Waals surface area contributed by atoms with Crippen LogP contribution in [0.1, 0.15) is 68.5 Å². The van der Waals surface area contributed by atoms with Gasteiger partial charge in [0.1, 0.15) is 11.6 Å². The second-order valence-corrected chi connectivity index (χ2v) is 10.0. The SMILES string of the molecule is Cc1cc(-n2ncc(C#N)c2NC(=O)c2ccc3c(c2)C(=O)N(C(C)(C)C)C3=O)nc2c(C)cccc12. The van der Waals surface area contributed by atoms with Crippen molar-refractivity contribution in [3.8, 4) is 11.9 Å². The lowest BCUT2D eigenvalue weighted by atomic mass is 10.1. The van der Waals surface area contributed by atoms with Gasteiger partial charge in [0.25, 0.3) is 17.7 Å². The van der Waals surface area contributed by atoms with E-state index in [-0.39, 0.29) is 28.1 Å². The van der Waals surface area contributed by atoms with Crippen LogP contribution in [0.25, 0.3) is 16.7 Å². The van der Waals surface area contributed by atoms with Crippen molar-refractivity contribution >= 4 is 34.4 Å². The minimum absolute atomic E-state index is 0.156. The summed E-state index contributed by atoms with van der Waals surface area (Å²) in [4.78, 5) is 44.9. The number of anilines is 1. The fourth-order valence-electron chi connectivity index (χ4n) is 4.55. The molecule has 0 bridgehead atoms. The van der Waals surface area contributed by atoms with Crippen LogP contribution in [0.3, 0.4) is 0 Å². The molecule has 0 fully saturated rings. The molecule has 1 aliphatic rings. The summed E-state index contributed by atoms with van der Waals surface area (Å²) in [5.74, 6) is -0.782. The summed E-state index contributed by atoms with van der Waals surface area (Å²) >= 11 is 0. The van der Waals surface area contributed by atoms with Crippen LogP contribution in [0.2, 0.25) is 0 Å². The van der Waals surface area contributed by atoms with E-state index in [1.165, 1.54) is 34.0 Å². The topological polar surface area (TPSA) is 121 Å². The quantitative estimate of drug-likeness (QED) is 0.419. The number of fused-ring (bicyclic) bond motifs is 2. The molecule has 0 aliphatic carbocycles. The van der Waals surface area contributed by atoms with Gasteiger partial charge in [0.2, 0.25) is 0 Å². The molecule has 5 rings (SSSR count). The highest BCUT2D eigenvalue weighted by atomic mass is 16.2. The molecule has 1 aliphatic heterocycles. The first-order valence-corrected chi connectivity index (χ1v) is 11.7. The Balaban J connectivity index is 1.53. The van der Waals surface area contributed by atoms with E-state index < -0.39 is 23.3 Å². The molecule has 4 aromatic rings. The highest BCUT2D eigenvalue weighted by molar-refractivity contribution is 6.22. The van der Waals surface area contributed by atoms with Crippen molar-refractivity contribution in [2.75, 3.05) is 5.32 Å². The Bertz CT molecular complexity index is 1690. The number of aromatic nitrogens is 3. The third-order valence-electron chi connectivity index (χ3n) is 6.39. The first kappa shape index (κ1) is 23.9. The fraction of sp³-hybridized carbons (Fsp3) is 0.214. The Hall–Kier alpha value is -4.84. The monoisotopic (exact) mass is 492 g/mol. The molecule has 0 radical (unpaired) electrons. The number of pyridine rings is 1. The molecule has 0 spiro atoms. The maximum absolute atomic E-state index is 13.3. The van der Waals surface area contributed by atoms with Crippen molar-refractivity contribution in [3.05, 3.63) is 82.0 Å². The van der Waals surface area contributed by atoms with Crippen molar-refractivity contribution < 1.29 is 14.4 Å². The number of carbonyl (C=O) groups is 3. The van der Waals surface area contributed by atoms with Gasteiger partial charge in [-0.15, -0.1) is 0 Å². The van der Waals surface area contributed by atoms with E-state index in [4.69, 9.17) is 4.98 Å². The molecular weight excluding hydrogens is 468 g/mol. The molecule has 1 N–H and O–H groups in total. The van der Waals surface area contributed by atoms with Gasteiger partial charge in [0.15, 0.2) is 11.6 Å². The molecule has 37 heavy (non-hydrogen) atoms. The summed E-state index contributed by atoms with van der Waals surface area (Å²) in [6.07, 6.45) is 1.36. The fourth-order valence-corrected chi connectivity index (χ4v) is 4.55. The molecule has 9 heteroatoms. The zero-order chi connectivity index (χ0) is 26.6. The number of benzene rings is 2. The Labute approximate surface area is 213 Å². The number of hydrogen-bond donors (Lipinski definition) is 1. The molecule has 3 amide bonds. The lowest BCUT2D eigenvalue weighted by Gasteiger charge is -2.29. The number of hydrogen-bond acceptors (Lipinski definition) is 6. The van der Waals surface area contributed by atoms with Gasteiger partial charge in [-0.2, -0.15) is 15.0 Å². The maximum Gasteiger partial charge on any atom is 0.262 e. The van der Waals surface area contributed by atoms with Gasteiger partial charge < -0.3 is 5.32 Å². The van der Waals surface area contributed by atoms with E-state index in [0.717, 1.165) is 22.0 Å².